The van der Waals surface area contributed by atoms with Crippen molar-refractivity contribution in [2.45, 2.75) is 11.0 Å². The second-order valence-corrected chi connectivity index (χ2v) is 7.97. The second-order valence-electron chi connectivity index (χ2n) is 6.21. The average molecular weight is 421 g/mol. The fourth-order valence-corrected chi connectivity index (χ4v) is 3.66. The molecule has 0 aliphatic carbocycles. The lowest BCUT2D eigenvalue weighted by atomic mass is 10.2. The van der Waals surface area contributed by atoms with E-state index < -0.39 is 16.1 Å². The fourth-order valence-electron chi connectivity index (χ4n) is 2.63. The van der Waals surface area contributed by atoms with Crippen LogP contribution in [0.25, 0.3) is 0 Å². The molecule has 2 aromatic carbocycles. The molecule has 0 saturated carbocycles. The van der Waals surface area contributed by atoms with E-state index in [1.54, 1.807) is 18.2 Å². The van der Waals surface area contributed by atoms with Crippen LogP contribution in [-0.4, -0.2) is 53.9 Å². The van der Waals surface area contributed by atoms with E-state index in [1.807, 2.05) is 18.2 Å². The molecule has 2 aromatic rings. The van der Waals surface area contributed by atoms with Crippen LogP contribution in [0.15, 0.2) is 53.4 Å². The van der Waals surface area contributed by atoms with Crippen molar-refractivity contribution in [1.82, 2.24) is 15.4 Å². The molecule has 9 nitrogen and oxygen atoms in total. The van der Waals surface area contributed by atoms with Crippen molar-refractivity contribution in [2.24, 2.45) is 0 Å². The lowest BCUT2D eigenvalue weighted by Gasteiger charge is -2.26. The third-order valence-electron chi connectivity index (χ3n) is 4.13. The van der Waals surface area contributed by atoms with Gasteiger partial charge in [-0.05, 0) is 36.4 Å². The van der Waals surface area contributed by atoms with Gasteiger partial charge in [0, 0.05) is 13.1 Å². The number of methoxy groups -OCH3 is 1. The number of fused-ring (bicyclic) bond motifs is 1. The molecule has 3 N–H and O–H groups in total. The number of nitrogens with one attached hydrogen (secondary N) is 3. The standard InChI is InChI=1S/C19H23N3O6S/c1-26-14-6-8-16(9-7-14)29(24,25)22-11-10-20-19(23)21-12-15-13-27-17-4-2-3-5-18(17)28-15/h2-9,15,22H,10-13H2,1H3,(H2,20,21,23)/t15-/m1/s1. The average Bonchev–Trinajstić information content (AvgIpc) is 2.75. The van der Waals surface area contributed by atoms with Crippen LogP contribution in [0.5, 0.6) is 17.2 Å². The zero-order chi connectivity index (χ0) is 20.7. The molecule has 0 fully saturated rings. The van der Waals surface area contributed by atoms with Gasteiger partial charge in [-0.3, -0.25) is 0 Å². The zero-order valence-electron chi connectivity index (χ0n) is 15.9. The highest BCUT2D eigenvalue weighted by Gasteiger charge is 2.21. The molecule has 0 unspecified atom stereocenters. The number of hydrogen-bond donors (Lipinski definition) is 3. The Morgan fingerprint density at radius 2 is 1.79 bits per heavy atom. The zero-order valence-corrected chi connectivity index (χ0v) is 16.7. The highest BCUT2D eigenvalue weighted by atomic mass is 32.2. The largest absolute Gasteiger partial charge is 0.497 e. The number of ether oxygens (including phenoxy) is 3. The van der Waals surface area contributed by atoms with Gasteiger partial charge in [-0.2, -0.15) is 0 Å². The molecule has 2 amide bonds. The van der Waals surface area contributed by atoms with Crippen LogP contribution < -0.4 is 29.6 Å². The van der Waals surface area contributed by atoms with E-state index in [1.165, 1.54) is 19.2 Å². The van der Waals surface area contributed by atoms with E-state index in [2.05, 4.69) is 15.4 Å². The Morgan fingerprint density at radius 1 is 1.07 bits per heavy atom. The Bertz CT molecular complexity index is 933. The van der Waals surface area contributed by atoms with E-state index in [0.29, 0.717) is 23.9 Å². The summed E-state index contributed by atoms with van der Waals surface area (Å²) < 4.78 is 43.2. The lowest BCUT2D eigenvalue weighted by molar-refractivity contribution is 0.0918. The first kappa shape index (κ1) is 20.7. The highest BCUT2D eigenvalue weighted by Crippen LogP contribution is 2.30. The number of rotatable bonds is 8. The quantitative estimate of drug-likeness (QED) is 0.550. The van der Waals surface area contributed by atoms with Gasteiger partial charge in [-0.15, -0.1) is 0 Å². The number of hydrogen-bond acceptors (Lipinski definition) is 6. The van der Waals surface area contributed by atoms with Crippen molar-refractivity contribution in [3.8, 4) is 17.2 Å². The maximum absolute atomic E-state index is 12.2. The molecule has 0 bridgehead atoms. The molecular weight excluding hydrogens is 398 g/mol. The molecule has 1 atom stereocenters. The van der Waals surface area contributed by atoms with Gasteiger partial charge in [0.2, 0.25) is 10.0 Å². The molecule has 0 spiro atoms. The van der Waals surface area contributed by atoms with E-state index >= 15 is 0 Å². The minimum Gasteiger partial charge on any atom is -0.497 e. The summed E-state index contributed by atoms with van der Waals surface area (Å²) in [7, 11) is -2.15. The Morgan fingerprint density at radius 3 is 2.52 bits per heavy atom. The first-order valence-electron chi connectivity index (χ1n) is 9.02. The third kappa shape index (κ3) is 5.75. The number of carbonyl (C=O) groups excluding carboxylic acids is 1. The number of carbonyl (C=O) groups is 1. The normalized spacial score (nSPS) is 15.4. The molecule has 3 rings (SSSR count). The van der Waals surface area contributed by atoms with Crippen molar-refractivity contribution >= 4 is 16.1 Å². The van der Waals surface area contributed by atoms with Crippen LogP contribution in [-0.2, 0) is 10.0 Å². The van der Waals surface area contributed by atoms with Crippen molar-refractivity contribution in [3.63, 3.8) is 0 Å². The predicted octanol–water partition coefficient (Wildman–Crippen LogP) is 1.11. The SMILES string of the molecule is COc1ccc(S(=O)(=O)NCCNC(=O)NC[C@@H]2COc3ccccc3O2)cc1. The third-order valence-corrected chi connectivity index (χ3v) is 5.61. The molecule has 29 heavy (non-hydrogen) atoms. The summed E-state index contributed by atoms with van der Waals surface area (Å²) >= 11 is 0. The van der Waals surface area contributed by atoms with E-state index in [0.717, 1.165) is 0 Å². The van der Waals surface area contributed by atoms with Gasteiger partial charge in [0.05, 0.1) is 18.6 Å². The molecular formula is C19H23N3O6S. The van der Waals surface area contributed by atoms with Crippen molar-refractivity contribution < 1.29 is 27.4 Å². The van der Waals surface area contributed by atoms with Gasteiger partial charge in [-0.1, -0.05) is 12.1 Å². The van der Waals surface area contributed by atoms with E-state index in [-0.39, 0.29) is 30.6 Å². The van der Waals surface area contributed by atoms with Gasteiger partial charge in [0.25, 0.3) is 0 Å². The van der Waals surface area contributed by atoms with Crippen LogP contribution in [0.4, 0.5) is 4.79 Å². The van der Waals surface area contributed by atoms with Crippen LogP contribution in [0.2, 0.25) is 0 Å². The number of amides is 2. The molecule has 1 aliphatic heterocycles. The van der Waals surface area contributed by atoms with E-state index in [9.17, 15) is 13.2 Å². The van der Waals surface area contributed by atoms with Crippen LogP contribution in [0.1, 0.15) is 0 Å². The lowest BCUT2D eigenvalue weighted by Crippen LogP contribution is -2.46. The summed E-state index contributed by atoms with van der Waals surface area (Å²) in [4.78, 5) is 12.0. The summed E-state index contributed by atoms with van der Waals surface area (Å²) in [5, 5.41) is 5.27. The van der Waals surface area contributed by atoms with Crippen molar-refractivity contribution in [3.05, 3.63) is 48.5 Å². The van der Waals surface area contributed by atoms with Crippen molar-refractivity contribution in [2.75, 3.05) is 33.4 Å². The minimum absolute atomic E-state index is 0.0538. The molecule has 0 radical (unpaired) electrons. The van der Waals surface area contributed by atoms with Gasteiger partial charge in [0.1, 0.15) is 12.4 Å². The Balaban J connectivity index is 1.35. The molecule has 156 valence electrons. The molecule has 0 saturated heterocycles. The van der Waals surface area contributed by atoms with Gasteiger partial charge in [0.15, 0.2) is 17.6 Å². The topological polar surface area (TPSA) is 115 Å². The fraction of sp³-hybridized carbons (Fsp3) is 0.316. The molecule has 1 aliphatic rings. The maximum Gasteiger partial charge on any atom is 0.314 e. The van der Waals surface area contributed by atoms with E-state index in [4.69, 9.17) is 14.2 Å². The summed E-state index contributed by atoms with van der Waals surface area (Å²) in [5.41, 5.74) is 0. The summed E-state index contributed by atoms with van der Waals surface area (Å²) in [6, 6.07) is 12.9. The Kier molecular flexibility index (Phi) is 6.78. The maximum atomic E-state index is 12.2. The second kappa shape index (κ2) is 9.48. The summed E-state index contributed by atoms with van der Waals surface area (Å²) in [5.74, 6) is 1.88. The molecule has 10 heteroatoms. The number of benzene rings is 2. The first-order valence-corrected chi connectivity index (χ1v) is 10.5. The number of sulfonamides is 1. The van der Waals surface area contributed by atoms with Gasteiger partial charge in [-0.25, -0.2) is 17.9 Å². The van der Waals surface area contributed by atoms with Crippen LogP contribution >= 0.6 is 0 Å². The van der Waals surface area contributed by atoms with Crippen LogP contribution in [0.3, 0.4) is 0 Å². The molecule has 0 aromatic heterocycles. The minimum atomic E-state index is -3.65. The Hall–Kier alpha value is -2.98. The number of urea groups is 1. The van der Waals surface area contributed by atoms with Gasteiger partial charge >= 0.3 is 6.03 Å². The smallest absolute Gasteiger partial charge is 0.314 e. The highest BCUT2D eigenvalue weighted by molar-refractivity contribution is 7.89. The molecule has 1 heterocycles. The monoisotopic (exact) mass is 421 g/mol. The summed E-state index contributed by atoms with van der Waals surface area (Å²) in [6.07, 6.45) is -0.302. The Labute approximate surface area is 169 Å². The number of para-hydroxylation sites is 2. The summed E-state index contributed by atoms with van der Waals surface area (Å²) in [6.45, 7) is 0.779. The van der Waals surface area contributed by atoms with Crippen LogP contribution in [0, 0.1) is 0 Å². The van der Waals surface area contributed by atoms with Gasteiger partial charge < -0.3 is 24.8 Å². The predicted molar refractivity (Wildman–Crippen MR) is 106 cm³/mol. The first-order chi connectivity index (χ1) is 14.0. The van der Waals surface area contributed by atoms with Crippen molar-refractivity contribution in [1.29, 1.82) is 0 Å².